The van der Waals surface area contributed by atoms with E-state index < -0.39 is 23.6 Å². The largest absolute Gasteiger partial charge is 0.433 e. The van der Waals surface area contributed by atoms with Crippen LogP contribution in [-0.2, 0) is 18.9 Å². The van der Waals surface area contributed by atoms with Crippen LogP contribution in [0.5, 0.6) is 0 Å². The Kier molecular flexibility index (Phi) is 5.67. The lowest BCUT2D eigenvalue weighted by Gasteiger charge is -2.65. The van der Waals surface area contributed by atoms with Crippen LogP contribution in [0.25, 0.3) is 0 Å². The number of aromatic nitrogens is 4. The molecule has 1 spiro atoms. The number of halogens is 6. The number of fused-ring (bicyclic) bond motifs is 1. The predicted octanol–water partition coefficient (Wildman–Crippen LogP) is 6.35. The molecule has 212 valence electrons. The third-order valence-corrected chi connectivity index (χ3v) is 9.63. The second kappa shape index (κ2) is 8.84. The Morgan fingerprint density at radius 1 is 0.925 bits per heavy atom. The van der Waals surface area contributed by atoms with E-state index in [1.165, 1.54) is 18.3 Å². The smallest absolute Gasteiger partial charge is 0.370 e. The van der Waals surface area contributed by atoms with Gasteiger partial charge in [-0.1, -0.05) is 18.6 Å². The lowest BCUT2D eigenvalue weighted by atomic mass is 9.41. The van der Waals surface area contributed by atoms with Gasteiger partial charge in [-0.05, 0) is 66.8 Å². The monoisotopic (exact) mass is 562 g/mol. The van der Waals surface area contributed by atoms with Crippen LogP contribution in [0, 0.1) is 17.3 Å². The number of nitrogens with zero attached hydrogens (tertiary/aromatic N) is 5. The lowest BCUT2D eigenvalue weighted by Crippen LogP contribution is -2.68. The second-order valence-corrected chi connectivity index (χ2v) is 11.6. The molecule has 1 saturated heterocycles. The number of anilines is 2. The zero-order chi connectivity index (χ0) is 27.9. The number of nitrogens with one attached hydrogen (secondary N) is 1. The van der Waals surface area contributed by atoms with E-state index >= 15 is 0 Å². The Labute approximate surface area is 226 Å². The van der Waals surface area contributed by atoms with Crippen molar-refractivity contribution < 1.29 is 26.3 Å². The van der Waals surface area contributed by atoms with Crippen molar-refractivity contribution in [1.82, 2.24) is 19.7 Å². The molecule has 0 amide bonds. The van der Waals surface area contributed by atoms with E-state index in [1.807, 2.05) is 9.58 Å². The Bertz CT molecular complexity index is 1420. The molecule has 12 heteroatoms. The summed E-state index contributed by atoms with van der Waals surface area (Å²) in [7, 11) is 0. The molecule has 2 saturated carbocycles. The van der Waals surface area contributed by atoms with Crippen LogP contribution in [0.1, 0.15) is 60.7 Å². The average molecular weight is 563 g/mol. The molecule has 4 heterocycles. The van der Waals surface area contributed by atoms with Gasteiger partial charge in [-0.25, -0.2) is 4.68 Å². The predicted molar refractivity (Wildman–Crippen MR) is 135 cm³/mol. The van der Waals surface area contributed by atoms with E-state index in [2.05, 4.69) is 10.3 Å². The molecule has 3 unspecified atom stereocenters. The first-order valence-corrected chi connectivity index (χ1v) is 13.7. The minimum absolute atomic E-state index is 0.0962. The molecular formula is C28H28F6N6. The first-order chi connectivity index (χ1) is 19.0. The molecule has 2 aliphatic heterocycles. The molecular weight excluding hydrogens is 534 g/mol. The van der Waals surface area contributed by atoms with E-state index in [4.69, 9.17) is 10.1 Å². The quantitative estimate of drug-likeness (QED) is 0.376. The third kappa shape index (κ3) is 4.04. The van der Waals surface area contributed by atoms with E-state index in [-0.39, 0.29) is 23.3 Å². The summed E-state index contributed by atoms with van der Waals surface area (Å²) >= 11 is 0. The lowest BCUT2D eigenvalue weighted by molar-refractivity contribution is -0.141. The SMILES string of the molecule is FC(F)(F)c1ccc(C2CCCCn3nc(N[C@@H]4C5CCC56CN(c5ccnc(C(F)(F)F)c5)C[C@@H]46)nc32)cc1. The van der Waals surface area contributed by atoms with E-state index in [9.17, 15) is 26.3 Å². The van der Waals surface area contributed by atoms with Crippen molar-refractivity contribution in [3.8, 4) is 0 Å². The summed E-state index contributed by atoms with van der Waals surface area (Å²) < 4.78 is 80.9. The van der Waals surface area contributed by atoms with Crippen LogP contribution < -0.4 is 10.2 Å². The van der Waals surface area contributed by atoms with Crippen molar-refractivity contribution in [3.63, 3.8) is 0 Å². The minimum atomic E-state index is -4.49. The molecule has 1 N–H and O–H groups in total. The van der Waals surface area contributed by atoms with Gasteiger partial charge in [0.15, 0.2) is 0 Å². The van der Waals surface area contributed by atoms with Crippen LogP contribution in [0.4, 0.5) is 38.0 Å². The maximum atomic E-state index is 13.2. The van der Waals surface area contributed by atoms with Gasteiger partial charge < -0.3 is 10.2 Å². The number of alkyl halides is 6. The van der Waals surface area contributed by atoms with Gasteiger partial charge in [0.1, 0.15) is 11.5 Å². The first-order valence-electron chi connectivity index (χ1n) is 13.7. The highest BCUT2D eigenvalue weighted by Gasteiger charge is 2.70. The zero-order valence-corrected chi connectivity index (χ0v) is 21.5. The minimum Gasteiger partial charge on any atom is -0.370 e. The number of aryl methyl sites for hydroxylation is 1. The van der Waals surface area contributed by atoms with Crippen LogP contribution >= 0.6 is 0 Å². The molecule has 3 aromatic rings. The van der Waals surface area contributed by atoms with Crippen molar-refractivity contribution in [2.75, 3.05) is 23.3 Å². The molecule has 5 atom stereocenters. The van der Waals surface area contributed by atoms with Gasteiger partial charge in [0.05, 0.1) is 5.56 Å². The molecule has 3 fully saturated rings. The molecule has 7 rings (SSSR count). The number of pyridine rings is 1. The summed E-state index contributed by atoms with van der Waals surface area (Å²) in [5.41, 5.74) is -0.123. The molecule has 2 aromatic heterocycles. The van der Waals surface area contributed by atoms with Gasteiger partial charge in [0.25, 0.3) is 0 Å². The molecule has 2 aliphatic carbocycles. The van der Waals surface area contributed by atoms with Gasteiger partial charge in [0.2, 0.25) is 5.95 Å². The fourth-order valence-corrected chi connectivity index (χ4v) is 7.58. The second-order valence-electron chi connectivity index (χ2n) is 11.6. The number of hydrogen-bond donors (Lipinski definition) is 1. The summed E-state index contributed by atoms with van der Waals surface area (Å²) in [5.74, 6) is 1.79. The number of benzene rings is 1. The summed E-state index contributed by atoms with van der Waals surface area (Å²) in [6.07, 6.45) is -2.93. The molecule has 6 nitrogen and oxygen atoms in total. The van der Waals surface area contributed by atoms with Crippen molar-refractivity contribution in [3.05, 3.63) is 65.2 Å². The molecule has 4 aliphatic rings. The van der Waals surface area contributed by atoms with Crippen LogP contribution in [0.15, 0.2) is 42.6 Å². The zero-order valence-electron chi connectivity index (χ0n) is 21.5. The van der Waals surface area contributed by atoms with Gasteiger partial charge in [-0.2, -0.15) is 31.3 Å². The van der Waals surface area contributed by atoms with Gasteiger partial charge in [-0.3, -0.25) is 4.98 Å². The Balaban J connectivity index is 1.10. The van der Waals surface area contributed by atoms with E-state index in [0.29, 0.717) is 30.6 Å². The highest BCUT2D eigenvalue weighted by Crippen LogP contribution is 2.68. The Hall–Kier alpha value is -3.31. The standard InChI is InChI=1S/C28H28F6N6/c29-27(30,31)17-6-4-16(5-7-17)19-3-1-2-12-40-24(19)37-25(38-40)36-23-20-8-10-26(20)15-39(14-21(23)26)18-9-11-35-22(13-18)28(32,33)34/h4-7,9,11,13,19-21,23H,1-3,8,10,12,14-15H2,(H,36,38)/t19?,20?,21-,23+,26?/m0/s1. The Morgan fingerprint density at radius 2 is 1.73 bits per heavy atom. The first kappa shape index (κ1) is 25.6. The highest BCUT2D eigenvalue weighted by atomic mass is 19.4. The number of rotatable bonds is 4. The highest BCUT2D eigenvalue weighted by molar-refractivity contribution is 5.52. The molecule has 1 aromatic carbocycles. The van der Waals surface area contributed by atoms with Gasteiger partial charge >= 0.3 is 12.4 Å². The van der Waals surface area contributed by atoms with Crippen LogP contribution in [0.2, 0.25) is 0 Å². The maximum absolute atomic E-state index is 13.2. The van der Waals surface area contributed by atoms with Crippen molar-refractivity contribution >= 4 is 11.6 Å². The normalized spacial score (nSPS) is 29.5. The molecule has 40 heavy (non-hydrogen) atoms. The summed E-state index contributed by atoms with van der Waals surface area (Å²) in [4.78, 5) is 10.4. The van der Waals surface area contributed by atoms with Crippen LogP contribution in [-0.4, -0.2) is 38.9 Å². The fourth-order valence-electron chi connectivity index (χ4n) is 7.58. The van der Waals surface area contributed by atoms with Gasteiger partial charge in [-0.15, -0.1) is 5.10 Å². The summed E-state index contributed by atoms with van der Waals surface area (Å²) in [6, 6.07) is 8.22. The van der Waals surface area contributed by atoms with Crippen molar-refractivity contribution in [2.45, 2.75) is 63.0 Å². The summed E-state index contributed by atoms with van der Waals surface area (Å²) in [5, 5.41) is 8.30. The van der Waals surface area contributed by atoms with Crippen molar-refractivity contribution in [1.29, 1.82) is 0 Å². The molecule has 0 radical (unpaired) electrons. The molecule has 0 bridgehead atoms. The Morgan fingerprint density at radius 3 is 2.42 bits per heavy atom. The van der Waals surface area contributed by atoms with Gasteiger partial charge in [0, 0.05) is 49.4 Å². The number of hydrogen-bond acceptors (Lipinski definition) is 5. The summed E-state index contributed by atoms with van der Waals surface area (Å²) in [6.45, 7) is 2.07. The van der Waals surface area contributed by atoms with E-state index in [0.717, 1.165) is 68.2 Å². The van der Waals surface area contributed by atoms with Crippen molar-refractivity contribution in [2.24, 2.45) is 17.3 Å². The third-order valence-electron chi connectivity index (χ3n) is 9.63. The maximum Gasteiger partial charge on any atom is 0.433 e. The average Bonchev–Trinajstić information content (AvgIpc) is 3.43. The topological polar surface area (TPSA) is 58.9 Å². The van der Waals surface area contributed by atoms with E-state index in [1.54, 1.807) is 6.07 Å². The van der Waals surface area contributed by atoms with Crippen LogP contribution in [0.3, 0.4) is 0 Å². The fraction of sp³-hybridized carbons (Fsp3) is 0.536.